The van der Waals surface area contributed by atoms with Crippen molar-refractivity contribution in [3.8, 4) is 0 Å². The Hall–Kier alpha value is -1.35. The van der Waals surface area contributed by atoms with Crippen LogP contribution >= 0.6 is 0 Å². The highest BCUT2D eigenvalue weighted by atomic mass is 16.5. The van der Waals surface area contributed by atoms with Crippen LogP contribution in [-0.2, 0) is 16.0 Å². The van der Waals surface area contributed by atoms with Crippen LogP contribution in [0.1, 0.15) is 56.2 Å². The van der Waals surface area contributed by atoms with E-state index in [-0.39, 0.29) is 12.0 Å². The van der Waals surface area contributed by atoms with Crippen LogP contribution in [0.4, 0.5) is 0 Å². The normalized spacial score (nSPS) is 17.7. The lowest BCUT2D eigenvalue weighted by molar-refractivity contribution is -0.143. The molecule has 20 heavy (non-hydrogen) atoms. The van der Waals surface area contributed by atoms with E-state index < -0.39 is 0 Å². The van der Waals surface area contributed by atoms with Gasteiger partial charge in [0.05, 0.1) is 7.11 Å². The summed E-state index contributed by atoms with van der Waals surface area (Å²) in [6.07, 6.45) is 7.05. The van der Waals surface area contributed by atoms with Crippen molar-refractivity contribution in [3.63, 3.8) is 0 Å². The van der Waals surface area contributed by atoms with Gasteiger partial charge in [-0.2, -0.15) is 0 Å². The summed E-state index contributed by atoms with van der Waals surface area (Å²) in [6.45, 7) is 2.12. The third-order valence-corrected chi connectivity index (χ3v) is 4.19. The first-order valence-corrected chi connectivity index (χ1v) is 7.68. The predicted octanol–water partition coefficient (Wildman–Crippen LogP) is 3.39. The van der Waals surface area contributed by atoms with Crippen LogP contribution in [-0.4, -0.2) is 19.1 Å². The summed E-state index contributed by atoms with van der Waals surface area (Å²) in [6, 6.07) is 8.24. The first kappa shape index (κ1) is 15.0. The molecule has 0 aliphatic heterocycles. The number of esters is 1. The molecule has 1 N–H and O–H groups in total. The molecule has 0 aromatic heterocycles. The number of carbonyl (C=O) groups is 1. The topological polar surface area (TPSA) is 38.3 Å². The Bertz CT molecular complexity index is 438. The van der Waals surface area contributed by atoms with Crippen molar-refractivity contribution < 1.29 is 9.53 Å². The lowest BCUT2D eigenvalue weighted by Gasteiger charge is -2.28. The summed E-state index contributed by atoms with van der Waals surface area (Å²) in [5, 5.41) is 3.52. The summed E-state index contributed by atoms with van der Waals surface area (Å²) >= 11 is 0. The van der Waals surface area contributed by atoms with Crippen LogP contribution < -0.4 is 5.32 Å². The van der Waals surface area contributed by atoms with Crippen molar-refractivity contribution in [2.75, 3.05) is 7.11 Å². The van der Waals surface area contributed by atoms with E-state index in [4.69, 9.17) is 4.74 Å². The van der Waals surface area contributed by atoms with E-state index in [1.54, 1.807) is 0 Å². The van der Waals surface area contributed by atoms with Crippen LogP contribution in [0.5, 0.6) is 0 Å². The lowest BCUT2D eigenvalue weighted by Crippen LogP contribution is -2.39. The van der Waals surface area contributed by atoms with Crippen LogP contribution in [0, 0.1) is 0 Å². The standard InChI is InChI=1S/C17H25NO2/c1-3-13-9-7-8-12-15(13)16(17(19)20-2)18-14-10-5-4-6-11-14/h7-9,12,14,16,18H,3-6,10-11H2,1-2H3. The number of carbonyl (C=O) groups excluding carboxylic acids is 1. The zero-order valence-corrected chi connectivity index (χ0v) is 12.5. The zero-order chi connectivity index (χ0) is 14.4. The number of hydrogen-bond acceptors (Lipinski definition) is 3. The highest BCUT2D eigenvalue weighted by Crippen LogP contribution is 2.24. The molecule has 1 fully saturated rings. The fourth-order valence-corrected chi connectivity index (χ4v) is 3.05. The molecule has 2 rings (SSSR count). The number of rotatable bonds is 5. The molecular weight excluding hydrogens is 250 g/mol. The third-order valence-electron chi connectivity index (χ3n) is 4.19. The Morgan fingerprint density at radius 1 is 1.30 bits per heavy atom. The van der Waals surface area contributed by atoms with E-state index in [9.17, 15) is 4.79 Å². The fraction of sp³-hybridized carbons (Fsp3) is 0.588. The van der Waals surface area contributed by atoms with Crippen LogP contribution in [0.15, 0.2) is 24.3 Å². The lowest BCUT2D eigenvalue weighted by atomic mass is 9.92. The van der Waals surface area contributed by atoms with Gasteiger partial charge in [0.2, 0.25) is 0 Å². The molecule has 0 saturated heterocycles. The van der Waals surface area contributed by atoms with E-state index in [1.807, 2.05) is 18.2 Å². The molecule has 110 valence electrons. The van der Waals surface area contributed by atoms with Gasteiger partial charge >= 0.3 is 5.97 Å². The smallest absolute Gasteiger partial charge is 0.327 e. The van der Waals surface area contributed by atoms with Crippen LogP contribution in [0.3, 0.4) is 0 Å². The Kier molecular flexibility index (Phi) is 5.60. The van der Waals surface area contributed by atoms with Gasteiger partial charge in [-0.25, -0.2) is 4.79 Å². The van der Waals surface area contributed by atoms with E-state index in [0.717, 1.165) is 24.8 Å². The molecule has 0 amide bonds. The van der Waals surface area contributed by atoms with Gasteiger partial charge in [-0.1, -0.05) is 50.5 Å². The molecule has 1 aliphatic carbocycles. The molecule has 0 spiro atoms. The number of methoxy groups -OCH3 is 1. The summed E-state index contributed by atoms with van der Waals surface area (Å²) in [7, 11) is 1.46. The number of benzene rings is 1. The van der Waals surface area contributed by atoms with Gasteiger partial charge in [-0.15, -0.1) is 0 Å². The van der Waals surface area contributed by atoms with E-state index in [1.165, 1.54) is 31.9 Å². The van der Waals surface area contributed by atoms with Crippen LogP contribution in [0.2, 0.25) is 0 Å². The largest absolute Gasteiger partial charge is 0.468 e. The highest BCUT2D eigenvalue weighted by Gasteiger charge is 2.26. The van der Waals surface area contributed by atoms with Gasteiger partial charge in [0.25, 0.3) is 0 Å². The van der Waals surface area contributed by atoms with Gasteiger partial charge in [-0.3, -0.25) is 5.32 Å². The first-order valence-electron chi connectivity index (χ1n) is 7.68. The Labute approximate surface area is 121 Å². The molecular formula is C17H25NO2. The van der Waals surface area contributed by atoms with Crippen molar-refractivity contribution in [3.05, 3.63) is 35.4 Å². The molecule has 3 heteroatoms. The van der Waals surface area contributed by atoms with Gasteiger partial charge in [-0.05, 0) is 30.4 Å². The van der Waals surface area contributed by atoms with Gasteiger partial charge in [0.1, 0.15) is 6.04 Å². The zero-order valence-electron chi connectivity index (χ0n) is 12.5. The molecule has 0 bridgehead atoms. The Morgan fingerprint density at radius 2 is 2.00 bits per heavy atom. The quantitative estimate of drug-likeness (QED) is 0.837. The minimum Gasteiger partial charge on any atom is -0.468 e. The molecule has 1 aromatic rings. The molecule has 0 heterocycles. The summed E-state index contributed by atoms with van der Waals surface area (Å²) in [5.74, 6) is -0.184. The van der Waals surface area contributed by atoms with Gasteiger partial charge < -0.3 is 4.74 Å². The SMILES string of the molecule is CCc1ccccc1C(NC1CCCCC1)C(=O)OC. The number of nitrogens with one attached hydrogen (secondary N) is 1. The summed E-state index contributed by atoms with van der Waals surface area (Å²) in [4.78, 5) is 12.2. The number of hydrogen-bond donors (Lipinski definition) is 1. The third kappa shape index (κ3) is 3.60. The monoisotopic (exact) mass is 275 g/mol. The number of aryl methyl sites for hydroxylation is 1. The second kappa shape index (κ2) is 7.44. The van der Waals surface area contributed by atoms with Crippen molar-refractivity contribution in [1.82, 2.24) is 5.32 Å². The van der Waals surface area contributed by atoms with Crippen molar-refractivity contribution in [1.29, 1.82) is 0 Å². The maximum Gasteiger partial charge on any atom is 0.327 e. The van der Waals surface area contributed by atoms with Gasteiger partial charge in [0, 0.05) is 6.04 Å². The van der Waals surface area contributed by atoms with Crippen molar-refractivity contribution in [2.24, 2.45) is 0 Å². The van der Waals surface area contributed by atoms with Crippen LogP contribution in [0.25, 0.3) is 0 Å². The molecule has 1 aromatic carbocycles. The molecule has 1 atom stereocenters. The maximum absolute atomic E-state index is 12.2. The average Bonchev–Trinajstić information content (AvgIpc) is 2.53. The minimum atomic E-state index is -0.334. The molecule has 3 nitrogen and oxygen atoms in total. The molecule has 0 radical (unpaired) electrons. The Morgan fingerprint density at radius 3 is 2.65 bits per heavy atom. The Balaban J connectivity index is 2.20. The van der Waals surface area contributed by atoms with E-state index >= 15 is 0 Å². The van der Waals surface area contributed by atoms with E-state index in [2.05, 4.69) is 18.3 Å². The van der Waals surface area contributed by atoms with Crippen molar-refractivity contribution in [2.45, 2.75) is 57.5 Å². The summed E-state index contributed by atoms with van der Waals surface area (Å²) < 4.78 is 5.01. The molecule has 1 saturated carbocycles. The van der Waals surface area contributed by atoms with Crippen molar-refractivity contribution >= 4 is 5.97 Å². The second-order valence-corrected chi connectivity index (χ2v) is 5.51. The summed E-state index contributed by atoms with van der Waals surface area (Å²) in [5.41, 5.74) is 2.28. The molecule has 1 unspecified atom stereocenters. The molecule has 1 aliphatic rings. The minimum absolute atomic E-state index is 0.184. The van der Waals surface area contributed by atoms with Gasteiger partial charge in [0.15, 0.2) is 0 Å². The van der Waals surface area contributed by atoms with E-state index in [0.29, 0.717) is 6.04 Å². The fourth-order valence-electron chi connectivity index (χ4n) is 3.05. The highest BCUT2D eigenvalue weighted by molar-refractivity contribution is 5.78. The predicted molar refractivity (Wildman–Crippen MR) is 80.6 cm³/mol. The second-order valence-electron chi connectivity index (χ2n) is 5.51. The first-order chi connectivity index (χ1) is 9.76. The average molecular weight is 275 g/mol. The maximum atomic E-state index is 12.2. The number of ether oxygens (including phenoxy) is 1.